The average Bonchev–Trinajstić information content (AvgIpc) is 3.41. The van der Waals surface area contributed by atoms with Gasteiger partial charge < -0.3 is 4.57 Å². The molecule has 3 aromatic rings. The van der Waals surface area contributed by atoms with E-state index >= 15 is 0 Å². The summed E-state index contributed by atoms with van der Waals surface area (Å²) < 4.78 is 28.0. The highest BCUT2D eigenvalue weighted by Gasteiger charge is 2.31. The van der Waals surface area contributed by atoms with Gasteiger partial charge in [0, 0.05) is 34.8 Å². The van der Waals surface area contributed by atoms with Crippen LogP contribution in [0.1, 0.15) is 69.7 Å². The van der Waals surface area contributed by atoms with E-state index in [4.69, 9.17) is 0 Å². The van der Waals surface area contributed by atoms with Gasteiger partial charge in [-0.15, -0.1) is 0 Å². The first kappa shape index (κ1) is 25.4. The van der Waals surface area contributed by atoms with Gasteiger partial charge in [0.25, 0.3) is 0 Å². The van der Waals surface area contributed by atoms with Gasteiger partial charge in [0.1, 0.15) is 0 Å². The molecule has 4 rings (SSSR count). The lowest BCUT2D eigenvalue weighted by atomic mass is 10.1. The Morgan fingerprint density at radius 1 is 1.14 bits per heavy atom. The first-order chi connectivity index (χ1) is 16.5. The lowest BCUT2D eigenvalue weighted by Gasteiger charge is -2.20. The summed E-state index contributed by atoms with van der Waals surface area (Å²) in [5, 5.41) is 4.66. The molecule has 3 heterocycles. The van der Waals surface area contributed by atoms with Crippen molar-refractivity contribution >= 4 is 15.6 Å². The zero-order chi connectivity index (χ0) is 25.5. The summed E-state index contributed by atoms with van der Waals surface area (Å²) in [6.07, 6.45) is 0.606. The van der Waals surface area contributed by atoms with Crippen molar-refractivity contribution in [3.8, 4) is 0 Å². The van der Waals surface area contributed by atoms with Crippen LogP contribution in [0.4, 0.5) is 0 Å². The molecule has 1 aliphatic rings. The summed E-state index contributed by atoms with van der Waals surface area (Å²) in [5.41, 5.74) is 6.97. The molecule has 8 heteroatoms. The Balaban J connectivity index is 1.48. The molecule has 1 fully saturated rings. The van der Waals surface area contributed by atoms with Gasteiger partial charge in [0.05, 0.1) is 35.8 Å². The summed E-state index contributed by atoms with van der Waals surface area (Å²) >= 11 is 0. The molecule has 0 aliphatic carbocycles. The average molecular weight is 497 g/mol. The number of aromatic nitrogens is 3. The standard InChI is InChI=1S/C27H36N4O3S/c1-18-14-25(21(4)30(18)20(3)23-10-8-7-9-11-23)27(32)16-29(6)15-26-19(2)28-31(22(26)5)24-12-13-35(33,34)17-24/h7-11,14,20,24H,12-13,15-17H2,1-6H3/t20-,24+/m0/s1. The van der Waals surface area contributed by atoms with Gasteiger partial charge in [-0.1, -0.05) is 30.3 Å². The maximum atomic E-state index is 13.3. The molecule has 1 aromatic carbocycles. The monoisotopic (exact) mass is 496 g/mol. The Kier molecular flexibility index (Phi) is 7.06. The number of carbonyl (C=O) groups is 1. The molecular formula is C27H36N4O3S. The highest BCUT2D eigenvalue weighted by Crippen LogP contribution is 2.28. The van der Waals surface area contributed by atoms with E-state index in [1.807, 2.05) is 61.7 Å². The smallest absolute Gasteiger partial charge is 0.178 e. The summed E-state index contributed by atoms with van der Waals surface area (Å²) in [6, 6.07) is 12.4. The Bertz CT molecular complexity index is 1340. The van der Waals surface area contributed by atoms with Crippen molar-refractivity contribution in [1.29, 1.82) is 0 Å². The van der Waals surface area contributed by atoms with Gasteiger partial charge in [-0.2, -0.15) is 5.10 Å². The van der Waals surface area contributed by atoms with Crippen LogP contribution in [0.5, 0.6) is 0 Å². The number of hydrogen-bond donors (Lipinski definition) is 0. The Morgan fingerprint density at radius 2 is 1.83 bits per heavy atom. The third-order valence-corrected chi connectivity index (χ3v) is 9.08. The first-order valence-corrected chi connectivity index (χ1v) is 14.0. The van der Waals surface area contributed by atoms with E-state index in [1.165, 1.54) is 5.56 Å². The fourth-order valence-corrected chi connectivity index (χ4v) is 7.13. The maximum Gasteiger partial charge on any atom is 0.178 e. The molecule has 188 valence electrons. The molecule has 0 radical (unpaired) electrons. The number of likely N-dealkylation sites (N-methyl/N-ethyl adjacent to an activating group) is 1. The fraction of sp³-hybridized carbons (Fsp3) is 0.481. The highest BCUT2D eigenvalue weighted by molar-refractivity contribution is 7.91. The van der Waals surface area contributed by atoms with E-state index in [9.17, 15) is 13.2 Å². The molecule has 2 atom stereocenters. The normalized spacial score (nSPS) is 18.3. The minimum Gasteiger partial charge on any atom is -0.341 e. The predicted molar refractivity (Wildman–Crippen MR) is 139 cm³/mol. The fourth-order valence-electron chi connectivity index (χ4n) is 5.44. The van der Waals surface area contributed by atoms with Crippen LogP contribution in [0.15, 0.2) is 36.4 Å². The van der Waals surface area contributed by atoms with Gasteiger partial charge in [-0.25, -0.2) is 8.42 Å². The van der Waals surface area contributed by atoms with Crippen molar-refractivity contribution in [2.45, 2.75) is 59.7 Å². The van der Waals surface area contributed by atoms with Gasteiger partial charge in [-0.3, -0.25) is 14.4 Å². The Morgan fingerprint density at radius 3 is 2.46 bits per heavy atom. The van der Waals surface area contributed by atoms with Crippen molar-refractivity contribution in [2.75, 3.05) is 25.1 Å². The highest BCUT2D eigenvalue weighted by atomic mass is 32.2. The molecular weight excluding hydrogens is 460 g/mol. The molecule has 2 aromatic heterocycles. The number of aryl methyl sites for hydroxylation is 2. The molecule has 1 saturated heterocycles. The molecule has 0 N–H and O–H groups in total. The molecule has 0 bridgehead atoms. The topological polar surface area (TPSA) is 77.2 Å². The van der Waals surface area contributed by atoms with Crippen LogP contribution in [-0.2, 0) is 16.4 Å². The van der Waals surface area contributed by atoms with Crippen molar-refractivity contribution in [3.63, 3.8) is 0 Å². The van der Waals surface area contributed by atoms with Gasteiger partial charge >= 0.3 is 0 Å². The van der Waals surface area contributed by atoms with Gasteiger partial charge in [0.15, 0.2) is 15.6 Å². The zero-order valence-corrected chi connectivity index (χ0v) is 22.4. The van der Waals surface area contributed by atoms with Crippen molar-refractivity contribution in [2.24, 2.45) is 0 Å². The number of sulfone groups is 1. The van der Waals surface area contributed by atoms with E-state index in [1.54, 1.807) is 0 Å². The number of rotatable bonds is 8. The lowest BCUT2D eigenvalue weighted by molar-refractivity contribution is 0.0942. The summed E-state index contributed by atoms with van der Waals surface area (Å²) in [7, 11) is -1.04. The summed E-state index contributed by atoms with van der Waals surface area (Å²) in [4.78, 5) is 15.3. The number of ketones is 1. The quantitative estimate of drug-likeness (QED) is 0.437. The van der Waals surface area contributed by atoms with Crippen LogP contribution in [0.3, 0.4) is 0 Å². The van der Waals surface area contributed by atoms with Crippen LogP contribution < -0.4 is 0 Å². The van der Waals surface area contributed by atoms with E-state index in [0.717, 1.165) is 33.9 Å². The molecule has 1 aliphatic heterocycles. The Hall–Kier alpha value is -2.71. The van der Waals surface area contributed by atoms with E-state index < -0.39 is 9.84 Å². The summed E-state index contributed by atoms with van der Waals surface area (Å²) in [5.74, 6) is 0.470. The zero-order valence-electron chi connectivity index (χ0n) is 21.6. The first-order valence-electron chi connectivity index (χ1n) is 12.2. The molecule has 0 spiro atoms. The van der Waals surface area contributed by atoms with Crippen LogP contribution in [0.2, 0.25) is 0 Å². The molecule has 0 amide bonds. The SMILES string of the molecule is Cc1nn([C@@H]2CCS(=O)(=O)C2)c(C)c1CN(C)CC(=O)c1cc(C)n([C@@H](C)c2ccccc2)c1C. The largest absolute Gasteiger partial charge is 0.341 e. The van der Waals surface area contributed by atoms with Crippen molar-refractivity contribution in [3.05, 3.63) is 75.9 Å². The predicted octanol–water partition coefficient (Wildman–Crippen LogP) is 4.20. The van der Waals surface area contributed by atoms with Crippen molar-refractivity contribution in [1.82, 2.24) is 19.2 Å². The van der Waals surface area contributed by atoms with Gasteiger partial charge in [0.2, 0.25) is 0 Å². The number of nitrogens with zero attached hydrogens (tertiary/aromatic N) is 4. The minimum atomic E-state index is -2.98. The second-order valence-electron chi connectivity index (χ2n) is 9.99. The Labute approximate surface area is 208 Å². The van der Waals surface area contributed by atoms with Crippen LogP contribution in [0.25, 0.3) is 0 Å². The second-order valence-corrected chi connectivity index (χ2v) is 12.2. The molecule has 7 nitrogen and oxygen atoms in total. The third-order valence-electron chi connectivity index (χ3n) is 7.32. The van der Waals surface area contributed by atoms with E-state index in [2.05, 4.69) is 35.6 Å². The molecule has 35 heavy (non-hydrogen) atoms. The lowest BCUT2D eigenvalue weighted by Crippen LogP contribution is -2.26. The van der Waals surface area contributed by atoms with Gasteiger partial charge in [-0.05, 0) is 59.7 Å². The van der Waals surface area contributed by atoms with Crippen molar-refractivity contribution < 1.29 is 13.2 Å². The van der Waals surface area contributed by atoms with Crippen LogP contribution in [0, 0.1) is 27.7 Å². The van der Waals surface area contributed by atoms with Crippen LogP contribution >= 0.6 is 0 Å². The number of carbonyl (C=O) groups excluding carboxylic acids is 1. The van der Waals surface area contributed by atoms with E-state index in [-0.39, 0.29) is 29.4 Å². The minimum absolute atomic E-state index is 0.0942. The number of benzene rings is 1. The number of Topliss-reactive ketones (excluding diaryl/α,β-unsaturated/α-hetero) is 1. The molecule has 0 unspecified atom stereocenters. The third kappa shape index (κ3) is 5.14. The summed E-state index contributed by atoms with van der Waals surface area (Å²) in [6.45, 7) is 11.1. The molecule has 0 saturated carbocycles. The maximum absolute atomic E-state index is 13.3. The van der Waals surface area contributed by atoms with Crippen LogP contribution in [-0.4, -0.2) is 58.5 Å². The second kappa shape index (κ2) is 9.74. The number of hydrogen-bond acceptors (Lipinski definition) is 5. The van der Waals surface area contributed by atoms with E-state index in [0.29, 0.717) is 19.5 Å².